The molecule has 0 saturated carbocycles. The minimum absolute atomic E-state index is 0.214. The van der Waals surface area contributed by atoms with Crippen LogP contribution in [0.4, 0.5) is 0 Å². The van der Waals surface area contributed by atoms with Crippen molar-refractivity contribution in [1.82, 2.24) is 10.2 Å². The van der Waals surface area contributed by atoms with Crippen molar-refractivity contribution in [3.63, 3.8) is 0 Å². The lowest BCUT2D eigenvalue weighted by Gasteiger charge is -2.36. The van der Waals surface area contributed by atoms with E-state index in [-0.39, 0.29) is 18.0 Å². The predicted molar refractivity (Wildman–Crippen MR) is 68.2 cm³/mol. The number of amides is 1. The van der Waals surface area contributed by atoms with Gasteiger partial charge < -0.3 is 19.7 Å². The van der Waals surface area contributed by atoms with Gasteiger partial charge in [0.05, 0.1) is 19.3 Å². The second kappa shape index (κ2) is 5.55. The first-order chi connectivity index (χ1) is 8.46. The van der Waals surface area contributed by atoms with Gasteiger partial charge in [0.25, 0.3) is 0 Å². The summed E-state index contributed by atoms with van der Waals surface area (Å²) in [5.74, 6) is -0.187. The van der Waals surface area contributed by atoms with Gasteiger partial charge in [-0.25, -0.2) is 0 Å². The molecule has 5 nitrogen and oxygen atoms in total. The van der Waals surface area contributed by atoms with Crippen LogP contribution >= 0.6 is 0 Å². The van der Waals surface area contributed by atoms with Crippen molar-refractivity contribution in [2.24, 2.45) is 0 Å². The standard InChI is InChI=1S/C13H24N2O3/c1-10(7-15-6-4-5-12(15)16)14-11-8-17-13(2,3)18-9-11/h10-11,14H,4-9H2,1-3H3. The van der Waals surface area contributed by atoms with Crippen LogP contribution in [-0.4, -0.2) is 55.0 Å². The van der Waals surface area contributed by atoms with Crippen molar-refractivity contribution in [2.45, 2.75) is 51.5 Å². The molecule has 2 saturated heterocycles. The van der Waals surface area contributed by atoms with Gasteiger partial charge in [0.15, 0.2) is 5.79 Å². The molecule has 2 fully saturated rings. The van der Waals surface area contributed by atoms with Crippen LogP contribution in [0.5, 0.6) is 0 Å². The van der Waals surface area contributed by atoms with E-state index < -0.39 is 5.79 Å². The van der Waals surface area contributed by atoms with Crippen molar-refractivity contribution in [2.75, 3.05) is 26.3 Å². The highest BCUT2D eigenvalue weighted by Crippen LogP contribution is 2.17. The van der Waals surface area contributed by atoms with E-state index >= 15 is 0 Å². The summed E-state index contributed by atoms with van der Waals surface area (Å²) in [6.45, 7) is 8.95. The highest BCUT2D eigenvalue weighted by molar-refractivity contribution is 5.78. The first-order valence-electron chi connectivity index (χ1n) is 6.78. The van der Waals surface area contributed by atoms with Gasteiger partial charge in [-0.1, -0.05) is 0 Å². The molecule has 0 bridgehead atoms. The Morgan fingerprint density at radius 1 is 1.44 bits per heavy atom. The van der Waals surface area contributed by atoms with Crippen LogP contribution in [0.2, 0.25) is 0 Å². The first kappa shape index (κ1) is 13.8. The van der Waals surface area contributed by atoms with E-state index in [4.69, 9.17) is 9.47 Å². The highest BCUT2D eigenvalue weighted by atomic mass is 16.7. The van der Waals surface area contributed by atoms with Crippen molar-refractivity contribution in [1.29, 1.82) is 0 Å². The maximum absolute atomic E-state index is 11.5. The van der Waals surface area contributed by atoms with E-state index in [2.05, 4.69) is 12.2 Å². The van der Waals surface area contributed by atoms with Gasteiger partial charge in [0, 0.05) is 25.6 Å². The smallest absolute Gasteiger partial charge is 0.222 e. The Labute approximate surface area is 109 Å². The summed E-state index contributed by atoms with van der Waals surface area (Å²) >= 11 is 0. The third-order valence-corrected chi connectivity index (χ3v) is 3.45. The second-order valence-electron chi connectivity index (χ2n) is 5.73. The molecular formula is C13H24N2O3. The molecular weight excluding hydrogens is 232 g/mol. The van der Waals surface area contributed by atoms with Crippen LogP contribution in [0.3, 0.4) is 0 Å². The van der Waals surface area contributed by atoms with E-state index in [1.807, 2.05) is 18.7 Å². The maximum Gasteiger partial charge on any atom is 0.222 e. The van der Waals surface area contributed by atoms with Crippen molar-refractivity contribution >= 4 is 5.91 Å². The van der Waals surface area contributed by atoms with Crippen molar-refractivity contribution in [3.8, 4) is 0 Å². The summed E-state index contributed by atoms with van der Waals surface area (Å²) < 4.78 is 11.2. The summed E-state index contributed by atoms with van der Waals surface area (Å²) in [5, 5.41) is 3.46. The summed E-state index contributed by atoms with van der Waals surface area (Å²) in [6, 6.07) is 0.483. The molecule has 0 spiro atoms. The van der Waals surface area contributed by atoms with Gasteiger partial charge in [-0.3, -0.25) is 4.79 Å². The normalized spacial score (nSPS) is 26.6. The number of likely N-dealkylation sites (tertiary alicyclic amines) is 1. The van der Waals surface area contributed by atoms with Gasteiger partial charge in [-0.05, 0) is 27.2 Å². The zero-order chi connectivity index (χ0) is 13.2. The van der Waals surface area contributed by atoms with Gasteiger partial charge in [-0.2, -0.15) is 0 Å². The number of rotatable bonds is 4. The number of ether oxygens (including phenoxy) is 2. The molecule has 1 N–H and O–H groups in total. The molecule has 2 heterocycles. The van der Waals surface area contributed by atoms with Crippen LogP contribution in [0.25, 0.3) is 0 Å². The average molecular weight is 256 g/mol. The monoisotopic (exact) mass is 256 g/mol. The van der Waals surface area contributed by atoms with Gasteiger partial charge in [0.2, 0.25) is 5.91 Å². The number of nitrogens with zero attached hydrogens (tertiary/aromatic N) is 1. The zero-order valence-electron chi connectivity index (χ0n) is 11.6. The Bertz CT molecular complexity index is 297. The topological polar surface area (TPSA) is 50.8 Å². The molecule has 2 aliphatic rings. The fraction of sp³-hybridized carbons (Fsp3) is 0.923. The number of nitrogens with one attached hydrogen (secondary N) is 1. The summed E-state index contributed by atoms with van der Waals surface area (Å²) in [7, 11) is 0. The first-order valence-corrected chi connectivity index (χ1v) is 6.78. The molecule has 0 radical (unpaired) electrons. The quantitative estimate of drug-likeness (QED) is 0.806. The molecule has 0 aromatic heterocycles. The molecule has 1 atom stereocenters. The van der Waals surface area contributed by atoms with Crippen LogP contribution in [0.15, 0.2) is 0 Å². The van der Waals surface area contributed by atoms with Gasteiger partial charge >= 0.3 is 0 Å². The van der Waals surface area contributed by atoms with Crippen LogP contribution in [0.1, 0.15) is 33.6 Å². The third kappa shape index (κ3) is 3.67. The predicted octanol–water partition coefficient (Wildman–Crippen LogP) is 0.738. The molecule has 0 aromatic rings. The third-order valence-electron chi connectivity index (χ3n) is 3.45. The van der Waals surface area contributed by atoms with E-state index in [1.54, 1.807) is 0 Å². The van der Waals surface area contributed by atoms with E-state index in [0.717, 1.165) is 19.5 Å². The second-order valence-corrected chi connectivity index (χ2v) is 5.73. The van der Waals surface area contributed by atoms with Gasteiger partial charge in [0.1, 0.15) is 0 Å². The van der Waals surface area contributed by atoms with E-state index in [1.165, 1.54) is 0 Å². The van der Waals surface area contributed by atoms with E-state index in [9.17, 15) is 4.79 Å². The molecule has 18 heavy (non-hydrogen) atoms. The minimum atomic E-state index is -0.466. The lowest BCUT2D eigenvalue weighted by atomic mass is 10.2. The maximum atomic E-state index is 11.5. The Morgan fingerprint density at radius 2 is 2.11 bits per heavy atom. The summed E-state index contributed by atoms with van der Waals surface area (Å²) in [4.78, 5) is 13.5. The Morgan fingerprint density at radius 3 is 2.67 bits per heavy atom. The lowest BCUT2D eigenvalue weighted by Crippen LogP contribution is -2.53. The van der Waals surface area contributed by atoms with Crippen LogP contribution in [0, 0.1) is 0 Å². The summed E-state index contributed by atoms with van der Waals surface area (Å²) in [5.41, 5.74) is 0. The van der Waals surface area contributed by atoms with Gasteiger partial charge in [-0.15, -0.1) is 0 Å². The Balaban J connectivity index is 1.71. The number of carbonyl (C=O) groups is 1. The molecule has 0 aromatic carbocycles. The lowest BCUT2D eigenvalue weighted by molar-refractivity contribution is -0.253. The van der Waals surface area contributed by atoms with Crippen molar-refractivity contribution in [3.05, 3.63) is 0 Å². The Kier molecular flexibility index (Phi) is 4.25. The van der Waals surface area contributed by atoms with Crippen molar-refractivity contribution < 1.29 is 14.3 Å². The highest BCUT2D eigenvalue weighted by Gasteiger charge is 2.29. The molecule has 5 heteroatoms. The summed E-state index contributed by atoms with van der Waals surface area (Å²) in [6.07, 6.45) is 1.70. The fourth-order valence-corrected chi connectivity index (χ4v) is 2.47. The zero-order valence-corrected chi connectivity index (χ0v) is 11.6. The average Bonchev–Trinajstić information content (AvgIpc) is 2.68. The number of carbonyl (C=O) groups excluding carboxylic acids is 1. The number of hydrogen-bond donors (Lipinski definition) is 1. The van der Waals surface area contributed by atoms with Crippen LogP contribution < -0.4 is 5.32 Å². The van der Waals surface area contributed by atoms with Crippen LogP contribution in [-0.2, 0) is 14.3 Å². The molecule has 1 unspecified atom stereocenters. The largest absolute Gasteiger partial charge is 0.349 e. The molecule has 104 valence electrons. The molecule has 0 aliphatic carbocycles. The minimum Gasteiger partial charge on any atom is -0.349 e. The fourth-order valence-electron chi connectivity index (χ4n) is 2.47. The number of hydrogen-bond acceptors (Lipinski definition) is 4. The Hall–Kier alpha value is -0.650. The SMILES string of the molecule is CC(CN1CCCC1=O)NC1COC(C)(C)OC1. The molecule has 2 rings (SSSR count). The van der Waals surface area contributed by atoms with E-state index in [0.29, 0.717) is 19.6 Å². The molecule has 1 amide bonds. The molecule has 2 aliphatic heterocycles.